The smallest absolute Gasteiger partial charge is 0.165 e. The molecule has 0 radical (unpaired) electrons. The molecular formula is C17H19FO2. The molecule has 0 aromatic heterocycles. The van der Waals surface area contributed by atoms with Crippen LogP contribution in [0.2, 0.25) is 0 Å². The van der Waals surface area contributed by atoms with E-state index in [4.69, 9.17) is 4.74 Å². The van der Waals surface area contributed by atoms with Gasteiger partial charge in [-0.05, 0) is 55.2 Å². The molecule has 0 aliphatic heterocycles. The summed E-state index contributed by atoms with van der Waals surface area (Å²) in [6, 6.07) is 10.6. The third kappa shape index (κ3) is 3.36. The highest BCUT2D eigenvalue weighted by Gasteiger charge is 2.08. The Bertz CT molecular complexity index is 606. The summed E-state index contributed by atoms with van der Waals surface area (Å²) in [4.78, 5) is 0. The standard InChI is InChI=1S/C17H19FO2/c1-11-4-5-14(8-12(11)2)10-20-17-7-6-15(13(3)19)9-16(17)18/h4-9,13,19H,10H2,1-3H3. The van der Waals surface area contributed by atoms with Crippen LogP contribution in [0.25, 0.3) is 0 Å². The topological polar surface area (TPSA) is 29.5 Å². The van der Waals surface area contributed by atoms with Crippen molar-refractivity contribution in [2.75, 3.05) is 0 Å². The van der Waals surface area contributed by atoms with Crippen molar-refractivity contribution in [2.45, 2.75) is 33.5 Å². The number of aliphatic hydroxyl groups is 1. The summed E-state index contributed by atoms with van der Waals surface area (Å²) in [7, 11) is 0. The predicted octanol–water partition coefficient (Wildman–Crippen LogP) is 4.07. The first-order chi connectivity index (χ1) is 9.47. The van der Waals surface area contributed by atoms with E-state index in [9.17, 15) is 9.50 Å². The summed E-state index contributed by atoms with van der Waals surface area (Å²) in [5, 5.41) is 9.40. The van der Waals surface area contributed by atoms with Crippen molar-refractivity contribution in [3.8, 4) is 5.75 Å². The van der Waals surface area contributed by atoms with Crippen molar-refractivity contribution in [3.63, 3.8) is 0 Å². The maximum atomic E-state index is 13.8. The molecule has 0 saturated carbocycles. The van der Waals surface area contributed by atoms with Crippen molar-refractivity contribution in [2.24, 2.45) is 0 Å². The first kappa shape index (κ1) is 14.5. The number of ether oxygens (including phenoxy) is 1. The molecule has 106 valence electrons. The van der Waals surface area contributed by atoms with Gasteiger partial charge in [-0.15, -0.1) is 0 Å². The SMILES string of the molecule is Cc1ccc(COc2ccc(C(C)O)cc2F)cc1C. The van der Waals surface area contributed by atoms with Crippen LogP contribution >= 0.6 is 0 Å². The van der Waals surface area contributed by atoms with Gasteiger partial charge in [-0.2, -0.15) is 0 Å². The second-order valence-electron chi connectivity index (χ2n) is 5.07. The van der Waals surface area contributed by atoms with Crippen LogP contribution in [0.3, 0.4) is 0 Å². The third-order valence-corrected chi connectivity index (χ3v) is 3.40. The molecule has 2 rings (SSSR count). The van der Waals surface area contributed by atoms with Crippen LogP contribution in [0.15, 0.2) is 36.4 Å². The van der Waals surface area contributed by atoms with E-state index in [1.54, 1.807) is 19.1 Å². The van der Waals surface area contributed by atoms with Gasteiger partial charge >= 0.3 is 0 Å². The van der Waals surface area contributed by atoms with Gasteiger partial charge < -0.3 is 9.84 Å². The fraction of sp³-hybridized carbons (Fsp3) is 0.294. The van der Waals surface area contributed by atoms with Crippen molar-refractivity contribution >= 4 is 0 Å². The Morgan fingerprint density at radius 3 is 2.45 bits per heavy atom. The Balaban J connectivity index is 2.09. The fourth-order valence-corrected chi connectivity index (χ4v) is 1.95. The van der Waals surface area contributed by atoms with Gasteiger partial charge in [0.1, 0.15) is 6.61 Å². The number of hydrogen-bond acceptors (Lipinski definition) is 2. The largest absolute Gasteiger partial charge is 0.486 e. The number of aryl methyl sites for hydroxylation is 2. The second kappa shape index (κ2) is 6.06. The van der Waals surface area contributed by atoms with Crippen molar-refractivity contribution in [3.05, 3.63) is 64.5 Å². The number of rotatable bonds is 4. The van der Waals surface area contributed by atoms with Crippen LogP contribution < -0.4 is 4.74 Å². The minimum atomic E-state index is -0.682. The zero-order chi connectivity index (χ0) is 14.7. The van der Waals surface area contributed by atoms with E-state index in [-0.39, 0.29) is 5.75 Å². The Morgan fingerprint density at radius 2 is 1.85 bits per heavy atom. The maximum absolute atomic E-state index is 13.8. The summed E-state index contributed by atoms with van der Waals surface area (Å²) in [6.45, 7) is 6.02. The zero-order valence-corrected chi connectivity index (χ0v) is 12.0. The van der Waals surface area contributed by atoms with Gasteiger partial charge in [-0.1, -0.05) is 24.3 Å². The van der Waals surface area contributed by atoms with Crippen molar-refractivity contribution in [1.29, 1.82) is 0 Å². The number of hydrogen-bond donors (Lipinski definition) is 1. The molecule has 2 aromatic carbocycles. The van der Waals surface area contributed by atoms with Gasteiger partial charge in [-0.25, -0.2) is 4.39 Å². The predicted molar refractivity (Wildman–Crippen MR) is 77.3 cm³/mol. The van der Waals surface area contributed by atoms with E-state index in [2.05, 4.69) is 6.92 Å². The normalized spacial score (nSPS) is 12.2. The average molecular weight is 274 g/mol. The molecule has 0 saturated heterocycles. The lowest BCUT2D eigenvalue weighted by molar-refractivity contribution is 0.198. The first-order valence-electron chi connectivity index (χ1n) is 6.64. The van der Waals surface area contributed by atoms with Crippen LogP contribution in [-0.4, -0.2) is 5.11 Å². The van der Waals surface area contributed by atoms with E-state index in [1.807, 2.05) is 25.1 Å². The lowest BCUT2D eigenvalue weighted by Gasteiger charge is -2.11. The Morgan fingerprint density at radius 1 is 1.10 bits per heavy atom. The van der Waals surface area contributed by atoms with Gasteiger partial charge in [0.25, 0.3) is 0 Å². The Labute approximate surface area is 118 Å². The van der Waals surface area contributed by atoms with E-state index >= 15 is 0 Å². The number of aliphatic hydroxyl groups excluding tert-OH is 1. The number of halogens is 1. The maximum Gasteiger partial charge on any atom is 0.165 e. The van der Waals surface area contributed by atoms with Gasteiger partial charge in [-0.3, -0.25) is 0 Å². The Kier molecular flexibility index (Phi) is 4.40. The molecule has 1 unspecified atom stereocenters. The molecule has 20 heavy (non-hydrogen) atoms. The highest BCUT2D eigenvalue weighted by molar-refractivity contribution is 5.32. The van der Waals surface area contributed by atoms with Crippen LogP contribution in [-0.2, 0) is 6.61 Å². The van der Waals surface area contributed by atoms with Crippen LogP contribution in [0, 0.1) is 19.7 Å². The molecule has 0 fully saturated rings. The van der Waals surface area contributed by atoms with Crippen molar-refractivity contribution < 1.29 is 14.2 Å². The zero-order valence-electron chi connectivity index (χ0n) is 12.0. The minimum Gasteiger partial charge on any atom is -0.486 e. The van der Waals surface area contributed by atoms with E-state index < -0.39 is 11.9 Å². The summed E-state index contributed by atoms with van der Waals surface area (Å²) in [5.74, 6) is -0.250. The molecule has 1 N–H and O–H groups in total. The van der Waals surface area contributed by atoms with E-state index in [0.29, 0.717) is 12.2 Å². The van der Waals surface area contributed by atoms with Crippen LogP contribution in [0.1, 0.15) is 35.3 Å². The second-order valence-corrected chi connectivity index (χ2v) is 5.07. The molecule has 0 heterocycles. The van der Waals surface area contributed by atoms with Gasteiger partial charge in [0.2, 0.25) is 0 Å². The molecule has 2 nitrogen and oxygen atoms in total. The third-order valence-electron chi connectivity index (χ3n) is 3.40. The lowest BCUT2D eigenvalue weighted by atomic mass is 10.1. The summed E-state index contributed by atoms with van der Waals surface area (Å²) in [5.41, 5.74) is 3.96. The quantitative estimate of drug-likeness (QED) is 0.910. The fourth-order valence-electron chi connectivity index (χ4n) is 1.95. The Hall–Kier alpha value is -1.87. The van der Waals surface area contributed by atoms with Crippen molar-refractivity contribution in [1.82, 2.24) is 0 Å². The molecule has 1 atom stereocenters. The molecule has 2 aromatic rings. The highest BCUT2D eigenvalue weighted by atomic mass is 19.1. The summed E-state index contributed by atoms with van der Waals surface area (Å²) < 4.78 is 19.3. The van der Waals surface area contributed by atoms with E-state index in [1.165, 1.54) is 17.2 Å². The molecule has 0 aliphatic carbocycles. The van der Waals surface area contributed by atoms with Gasteiger partial charge in [0.05, 0.1) is 6.10 Å². The van der Waals surface area contributed by atoms with Gasteiger partial charge in [0, 0.05) is 0 Å². The lowest BCUT2D eigenvalue weighted by Crippen LogP contribution is -2.00. The van der Waals surface area contributed by atoms with Crippen LogP contribution in [0.5, 0.6) is 5.75 Å². The molecule has 3 heteroatoms. The molecule has 0 amide bonds. The molecular weight excluding hydrogens is 255 g/mol. The monoisotopic (exact) mass is 274 g/mol. The minimum absolute atomic E-state index is 0.202. The number of benzene rings is 2. The first-order valence-corrected chi connectivity index (χ1v) is 6.64. The van der Waals surface area contributed by atoms with Gasteiger partial charge in [0.15, 0.2) is 11.6 Å². The highest BCUT2D eigenvalue weighted by Crippen LogP contribution is 2.23. The molecule has 0 bridgehead atoms. The molecule has 0 spiro atoms. The molecule has 0 aliphatic rings. The summed E-state index contributed by atoms with van der Waals surface area (Å²) in [6.07, 6.45) is -0.682. The van der Waals surface area contributed by atoms with E-state index in [0.717, 1.165) is 5.56 Å². The average Bonchev–Trinajstić information content (AvgIpc) is 2.41. The van der Waals surface area contributed by atoms with Crippen LogP contribution in [0.4, 0.5) is 4.39 Å². The summed E-state index contributed by atoms with van der Waals surface area (Å²) >= 11 is 0.